The van der Waals surface area contributed by atoms with Gasteiger partial charge in [-0.1, -0.05) is 127 Å². The largest absolute Gasteiger partial charge is 0.256 e. The summed E-state index contributed by atoms with van der Waals surface area (Å²) in [5.74, 6) is 0. The van der Waals surface area contributed by atoms with Crippen molar-refractivity contribution < 1.29 is 0 Å². The molecule has 1 nitrogen and oxygen atoms in total. The first-order valence-electron chi connectivity index (χ1n) is 12.8. The molecule has 0 saturated heterocycles. The van der Waals surface area contributed by atoms with Crippen molar-refractivity contribution >= 4 is 11.6 Å². The molecule has 0 bridgehead atoms. The number of benzene rings is 5. The van der Waals surface area contributed by atoms with Crippen molar-refractivity contribution in [3.05, 3.63) is 173 Å². The average Bonchev–Trinajstić information content (AvgIpc) is 3.30. The van der Waals surface area contributed by atoms with Crippen molar-refractivity contribution in [2.75, 3.05) is 0 Å². The number of hydrogen-bond donors (Lipinski definition) is 0. The SMILES string of the molecule is Clc1ccc(-c2ccccn2)cc1-c1cccc2c1-c1ccccc1C2(c1ccccc1)c1ccccc1. The van der Waals surface area contributed by atoms with Gasteiger partial charge in [-0.2, -0.15) is 0 Å². The first-order chi connectivity index (χ1) is 18.8. The van der Waals surface area contributed by atoms with E-state index >= 15 is 0 Å². The standard InChI is InChI=1S/C36H24ClN/c37-33-22-21-25(34-20-9-10-23-38-34)24-30(33)28-17-11-19-32-35(28)29-16-7-8-18-31(29)36(32,26-12-3-1-4-13-26)27-14-5-2-6-15-27/h1-24H. The van der Waals surface area contributed by atoms with E-state index in [0.29, 0.717) is 0 Å². The van der Waals surface area contributed by atoms with E-state index in [1.165, 1.54) is 33.4 Å². The highest BCUT2D eigenvalue weighted by molar-refractivity contribution is 6.33. The van der Waals surface area contributed by atoms with Gasteiger partial charge in [-0.3, -0.25) is 4.98 Å². The maximum Gasteiger partial charge on any atom is 0.0713 e. The molecule has 1 aliphatic rings. The van der Waals surface area contributed by atoms with Crippen LogP contribution in [-0.2, 0) is 5.41 Å². The van der Waals surface area contributed by atoms with E-state index in [2.05, 4.69) is 114 Å². The topological polar surface area (TPSA) is 12.9 Å². The van der Waals surface area contributed by atoms with E-state index in [1.807, 2.05) is 36.5 Å². The minimum atomic E-state index is -0.435. The molecular weight excluding hydrogens is 482 g/mol. The molecule has 2 heteroatoms. The third-order valence-corrected chi connectivity index (χ3v) is 8.03. The number of halogens is 1. The Hall–Kier alpha value is -4.46. The molecule has 6 aromatic rings. The number of pyridine rings is 1. The Balaban J connectivity index is 1.57. The van der Waals surface area contributed by atoms with Crippen LogP contribution < -0.4 is 0 Å². The molecule has 0 saturated carbocycles. The fraction of sp³-hybridized carbons (Fsp3) is 0.0278. The monoisotopic (exact) mass is 505 g/mol. The van der Waals surface area contributed by atoms with Crippen LogP contribution in [0.15, 0.2) is 146 Å². The zero-order valence-corrected chi connectivity index (χ0v) is 21.4. The lowest BCUT2D eigenvalue weighted by Gasteiger charge is -2.34. The predicted octanol–water partition coefficient (Wildman–Crippen LogP) is 9.43. The molecule has 1 aliphatic carbocycles. The van der Waals surface area contributed by atoms with E-state index in [0.717, 1.165) is 27.4 Å². The second-order valence-corrected chi connectivity index (χ2v) is 10.1. The van der Waals surface area contributed by atoms with Crippen LogP contribution in [0.5, 0.6) is 0 Å². The average molecular weight is 506 g/mol. The van der Waals surface area contributed by atoms with Gasteiger partial charge in [0.1, 0.15) is 0 Å². The molecule has 38 heavy (non-hydrogen) atoms. The Labute approximate surface area is 228 Å². The molecule has 180 valence electrons. The summed E-state index contributed by atoms with van der Waals surface area (Å²) in [6, 6.07) is 49.4. The molecule has 0 radical (unpaired) electrons. The van der Waals surface area contributed by atoms with Crippen molar-refractivity contribution in [2.24, 2.45) is 0 Å². The molecule has 0 N–H and O–H groups in total. The van der Waals surface area contributed by atoms with Gasteiger partial charge in [0.15, 0.2) is 0 Å². The van der Waals surface area contributed by atoms with Gasteiger partial charge >= 0.3 is 0 Å². The number of aromatic nitrogens is 1. The van der Waals surface area contributed by atoms with Gasteiger partial charge in [0, 0.05) is 22.3 Å². The Bertz CT molecular complexity index is 1720. The van der Waals surface area contributed by atoms with Gasteiger partial charge in [-0.15, -0.1) is 0 Å². The van der Waals surface area contributed by atoms with E-state index in [1.54, 1.807) is 0 Å². The minimum Gasteiger partial charge on any atom is -0.256 e. The lowest BCUT2D eigenvalue weighted by Crippen LogP contribution is -2.28. The first-order valence-corrected chi connectivity index (χ1v) is 13.2. The van der Waals surface area contributed by atoms with Gasteiger partial charge in [0.2, 0.25) is 0 Å². The van der Waals surface area contributed by atoms with Crippen molar-refractivity contribution in [3.63, 3.8) is 0 Å². The van der Waals surface area contributed by atoms with Crippen molar-refractivity contribution in [1.29, 1.82) is 0 Å². The zero-order chi connectivity index (χ0) is 25.5. The van der Waals surface area contributed by atoms with Gasteiger partial charge in [0.25, 0.3) is 0 Å². The third kappa shape index (κ3) is 3.36. The number of rotatable bonds is 4. The maximum atomic E-state index is 6.93. The molecule has 5 aromatic carbocycles. The summed E-state index contributed by atoms with van der Waals surface area (Å²) in [6.07, 6.45) is 1.83. The molecule has 0 fully saturated rings. The molecule has 0 unspecified atom stereocenters. The fourth-order valence-corrected chi connectivity index (χ4v) is 6.36. The number of nitrogens with zero attached hydrogens (tertiary/aromatic N) is 1. The predicted molar refractivity (Wildman–Crippen MR) is 157 cm³/mol. The van der Waals surface area contributed by atoms with Crippen LogP contribution >= 0.6 is 11.6 Å². The summed E-state index contributed by atoms with van der Waals surface area (Å²) in [7, 11) is 0. The second kappa shape index (κ2) is 9.13. The molecule has 0 spiro atoms. The van der Waals surface area contributed by atoms with Crippen LogP contribution in [0.1, 0.15) is 22.3 Å². The van der Waals surface area contributed by atoms with E-state index < -0.39 is 5.41 Å². The molecule has 0 amide bonds. The molecule has 7 rings (SSSR count). The smallest absolute Gasteiger partial charge is 0.0713 e. The first kappa shape index (κ1) is 22.7. The van der Waals surface area contributed by atoms with Gasteiger partial charge in [-0.05, 0) is 63.2 Å². The summed E-state index contributed by atoms with van der Waals surface area (Å²) < 4.78 is 0. The quantitative estimate of drug-likeness (QED) is 0.232. The third-order valence-electron chi connectivity index (χ3n) is 7.70. The Morgan fingerprint density at radius 3 is 1.84 bits per heavy atom. The van der Waals surface area contributed by atoms with E-state index in [-0.39, 0.29) is 0 Å². The van der Waals surface area contributed by atoms with Gasteiger partial charge in [0.05, 0.1) is 11.1 Å². The van der Waals surface area contributed by atoms with E-state index in [4.69, 9.17) is 11.6 Å². The highest BCUT2D eigenvalue weighted by Crippen LogP contribution is 2.58. The Kier molecular flexibility index (Phi) is 5.46. The fourth-order valence-electron chi connectivity index (χ4n) is 6.14. The van der Waals surface area contributed by atoms with Crippen LogP contribution in [0.3, 0.4) is 0 Å². The highest BCUT2D eigenvalue weighted by atomic mass is 35.5. The summed E-state index contributed by atoms with van der Waals surface area (Å²) in [6.45, 7) is 0. The van der Waals surface area contributed by atoms with Gasteiger partial charge in [-0.25, -0.2) is 0 Å². The number of hydrogen-bond acceptors (Lipinski definition) is 1. The summed E-state index contributed by atoms with van der Waals surface area (Å²) in [5.41, 5.74) is 11.2. The van der Waals surface area contributed by atoms with Gasteiger partial charge < -0.3 is 0 Å². The second-order valence-electron chi connectivity index (χ2n) is 9.67. The van der Waals surface area contributed by atoms with Crippen LogP contribution in [0.25, 0.3) is 33.5 Å². The molecular formula is C36H24ClN. The minimum absolute atomic E-state index is 0.435. The molecule has 0 atom stereocenters. The van der Waals surface area contributed by atoms with Crippen molar-refractivity contribution in [1.82, 2.24) is 4.98 Å². The maximum absolute atomic E-state index is 6.93. The van der Waals surface area contributed by atoms with Crippen LogP contribution in [0, 0.1) is 0 Å². The Morgan fingerprint density at radius 1 is 0.500 bits per heavy atom. The van der Waals surface area contributed by atoms with Crippen LogP contribution in [0.2, 0.25) is 5.02 Å². The molecule has 1 heterocycles. The van der Waals surface area contributed by atoms with Crippen molar-refractivity contribution in [2.45, 2.75) is 5.41 Å². The summed E-state index contributed by atoms with van der Waals surface area (Å²) >= 11 is 6.93. The highest BCUT2D eigenvalue weighted by Gasteiger charge is 2.46. The normalized spacial score (nSPS) is 13.1. The zero-order valence-electron chi connectivity index (χ0n) is 20.7. The van der Waals surface area contributed by atoms with Crippen LogP contribution in [0.4, 0.5) is 0 Å². The Morgan fingerprint density at radius 2 is 1.13 bits per heavy atom. The lowest BCUT2D eigenvalue weighted by molar-refractivity contribution is 0.768. The lowest BCUT2D eigenvalue weighted by atomic mass is 9.67. The van der Waals surface area contributed by atoms with Crippen LogP contribution in [-0.4, -0.2) is 4.98 Å². The summed E-state index contributed by atoms with van der Waals surface area (Å²) in [4.78, 5) is 4.58. The molecule has 0 aliphatic heterocycles. The number of fused-ring (bicyclic) bond motifs is 3. The van der Waals surface area contributed by atoms with E-state index in [9.17, 15) is 0 Å². The van der Waals surface area contributed by atoms with Crippen molar-refractivity contribution in [3.8, 4) is 33.5 Å². The molecule has 1 aromatic heterocycles. The summed E-state index contributed by atoms with van der Waals surface area (Å²) in [5, 5.41) is 0.729.